The van der Waals surface area contributed by atoms with Gasteiger partial charge in [0, 0.05) is 0 Å². The van der Waals surface area contributed by atoms with Crippen molar-refractivity contribution in [1.82, 2.24) is 0 Å². The topological polar surface area (TPSA) is 49.7 Å². The molecule has 2 aromatic rings. The molecule has 0 heterocycles. The van der Waals surface area contributed by atoms with E-state index in [9.17, 15) is 14.4 Å². The molecule has 0 aliphatic heterocycles. The van der Waals surface area contributed by atoms with Gasteiger partial charge in [0.05, 0.1) is 13.2 Å². The summed E-state index contributed by atoms with van der Waals surface area (Å²) in [5.74, 6) is -0.505. The van der Waals surface area contributed by atoms with Gasteiger partial charge >= 0.3 is 7.12 Å². The summed E-state index contributed by atoms with van der Waals surface area (Å²) < 4.78 is 18.5. The third-order valence-corrected chi connectivity index (χ3v) is 2.76. The zero-order chi connectivity index (χ0) is 13.7. The summed E-state index contributed by atoms with van der Waals surface area (Å²) in [5, 5.41) is 18.4. The predicted molar refractivity (Wildman–Crippen MR) is 71.2 cm³/mol. The van der Waals surface area contributed by atoms with Crippen LogP contribution in [-0.2, 0) is 18.0 Å². The highest BCUT2D eigenvalue weighted by Crippen LogP contribution is 2.06. The molecule has 0 atom stereocenters. The van der Waals surface area contributed by atoms with Crippen LogP contribution in [0.3, 0.4) is 0 Å². The quantitative estimate of drug-likeness (QED) is 0.795. The highest BCUT2D eigenvalue weighted by Gasteiger charge is 2.16. The average molecular weight is 260 g/mol. The molecule has 0 saturated carbocycles. The lowest BCUT2D eigenvalue weighted by molar-refractivity contribution is 0.107. The van der Waals surface area contributed by atoms with E-state index in [0.29, 0.717) is 12.2 Å². The van der Waals surface area contributed by atoms with Crippen molar-refractivity contribution in [3.8, 4) is 0 Å². The third-order valence-electron chi connectivity index (χ3n) is 2.76. The predicted octanol–water partition coefficient (Wildman–Crippen LogP) is 1.22. The van der Waals surface area contributed by atoms with E-state index in [1.54, 1.807) is 0 Å². The van der Waals surface area contributed by atoms with Crippen LogP contribution < -0.4 is 5.46 Å². The van der Waals surface area contributed by atoms with Gasteiger partial charge in [0.15, 0.2) is 0 Å². The van der Waals surface area contributed by atoms with E-state index in [-0.39, 0.29) is 12.1 Å². The Morgan fingerprint density at radius 3 is 2.42 bits per heavy atom. The van der Waals surface area contributed by atoms with E-state index in [1.165, 1.54) is 12.1 Å². The Morgan fingerprint density at radius 2 is 1.74 bits per heavy atom. The van der Waals surface area contributed by atoms with Crippen molar-refractivity contribution < 1.29 is 19.2 Å². The lowest BCUT2D eigenvalue weighted by Crippen LogP contribution is -2.33. The molecule has 0 radical (unpaired) electrons. The second kappa shape index (κ2) is 6.47. The zero-order valence-corrected chi connectivity index (χ0v) is 10.3. The summed E-state index contributed by atoms with van der Waals surface area (Å²) in [5.41, 5.74) is 1.72. The Balaban J connectivity index is 2.00. The minimum Gasteiger partial charge on any atom is -0.423 e. The highest BCUT2D eigenvalue weighted by atomic mass is 19.1. The maximum absolute atomic E-state index is 13.0. The van der Waals surface area contributed by atoms with Crippen molar-refractivity contribution in [1.29, 1.82) is 0 Å². The molecule has 0 saturated heterocycles. The van der Waals surface area contributed by atoms with Crippen LogP contribution in [0.5, 0.6) is 0 Å². The molecule has 0 bridgehead atoms. The summed E-state index contributed by atoms with van der Waals surface area (Å²) >= 11 is 0. The van der Waals surface area contributed by atoms with Crippen molar-refractivity contribution in [2.45, 2.75) is 13.2 Å². The van der Waals surface area contributed by atoms with Gasteiger partial charge in [0.25, 0.3) is 0 Å². The molecule has 0 fully saturated rings. The number of hydrogen-bond donors (Lipinski definition) is 2. The van der Waals surface area contributed by atoms with Crippen molar-refractivity contribution in [2.24, 2.45) is 0 Å². The Morgan fingerprint density at radius 1 is 1.00 bits per heavy atom. The van der Waals surface area contributed by atoms with Crippen molar-refractivity contribution >= 4 is 12.6 Å². The third kappa shape index (κ3) is 3.89. The summed E-state index contributed by atoms with van der Waals surface area (Å²) in [4.78, 5) is 0. The first kappa shape index (κ1) is 13.7. The summed E-state index contributed by atoms with van der Waals surface area (Å²) in [6.45, 7) is 0.612. The van der Waals surface area contributed by atoms with Gasteiger partial charge < -0.3 is 14.8 Å². The van der Waals surface area contributed by atoms with Gasteiger partial charge in [0.2, 0.25) is 0 Å². The zero-order valence-electron chi connectivity index (χ0n) is 10.3. The molecule has 0 unspecified atom stereocenters. The largest absolute Gasteiger partial charge is 0.488 e. The van der Waals surface area contributed by atoms with E-state index < -0.39 is 12.9 Å². The van der Waals surface area contributed by atoms with Crippen LogP contribution >= 0.6 is 0 Å². The fourth-order valence-electron chi connectivity index (χ4n) is 1.79. The molecule has 2 aromatic carbocycles. The maximum Gasteiger partial charge on any atom is 0.488 e. The second-order valence-electron chi connectivity index (χ2n) is 4.20. The van der Waals surface area contributed by atoms with Crippen LogP contribution in [0.4, 0.5) is 4.39 Å². The first-order valence-corrected chi connectivity index (χ1v) is 5.93. The van der Waals surface area contributed by atoms with Gasteiger partial charge in [0.1, 0.15) is 5.82 Å². The van der Waals surface area contributed by atoms with Gasteiger partial charge in [-0.05, 0) is 28.7 Å². The summed E-state index contributed by atoms with van der Waals surface area (Å²) in [6, 6.07) is 13.5. The van der Waals surface area contributed by atoms with Gasteiger partial charge in [-0.1, -0.05) is 36.4 Å². The van der Waals surface area contributed by atoms with Gasteiger partial charge in [-0.3, -0.25) is 0 Å². The average Bonchev–Trinajstić information content (AvgIpc) is 2.41. The van der Waals surface area contributed by atoms with E-state index in [0.717, 1.165) is 11.6 Å². The standard InChI is InChI=1S/C14H14BFO3/c16-13-7-6-12(14(8-13)15(17)18)10-19-9-11-4-2-1-3-5-11/h1-8,17-18H,9-10H2. The Bertz CT molecular complexity index is 531. The Labute approximate surface area is 111 Å². The Kier molecular flexibility index (Phi) is 4.68. The lowest BCUT2D eigenvalue weighted by atomic mass is 9.77. The number of hydrogen-bond acceptors (Lipinski definition) is 3. The van der Waals surface area contributed by atoms with Crippen molar-refractivity contribution in [3.05, 3.63) is 65.5 Å². The lowest BCUT2D eigenvalue weighted by Gasteiger charge is -2.10. The fraction of sp³-hybridized carbons (Fsp3) is 0.143. The van der Waals surface area contributed by atoms with Crippen LogP contribution in [0.25, 0.3) is 0 Å². The number of rotatable bonds is 5. The molecule has 5 heteroatoms. The first-order valence-electron chi connectivity index (χ1n) is 5.93. The SMILES string of the molecule is OB(O)c1cc(F)ccc1COCc1ccccc1. The molecule has 2 N–H and O–H groups in total. The van der Waals surface area contributed by atoms with Crippen LogP contribution in [0.1, 0.15) is 11.1 Å². The molecule has 0 aliphatic carbocycles. The molecule has 0 spiro atoms. The molecular formula is C14H14BFO3. The number of ether oxygens (including phenoxy) is 1. The monoisotopic (exact) mass is 260 g/mol. The minimum absolute atomic E-state index is 0.132. The fourth-order valence-corrected chi connectivity index (χ4v) is 1.79. The number of halogens is 1. The molecular weight excluding hydrogens is 246 g/mol. The molecule has 19 heavy (non-hydrogen) atoms. The summed E-state index contributed by atoms with van der Waals surface area (Å²) in [6.07, 6.45) is 0. The van der Waals surface area contributed by atoms with Gasteiger partial charge in [-0.2, -0.15) is 0 Å². The molecule has 0 amide bonds. The van der Waals surface area contributed by atoms with Gasteiger partial charge in [-0.25, -0.2) is 4.39 Å². The Hall–Kier alpha value is -1.69. The van der Waals surface area contributed by atoms with Crippen molar-refractivity contribution in [3.63, 3.8) is 0 Å². The maximum atomic E-state index is 13.0. The van der Waals surface area contributed by atoms with E-state index in [2.05, 4.69) is 0 Å². The summed E-state index contributed by atoms with van der Waals surface area (Å²) in [7, 11) is -1.70. The van der Waals surface area contributed by atoms with Gasteiger partial charge in [-0.15, -0.1) is 0 Å². The van der Waals surface area contributed by atoms with Crippen LogP contribution in [0.15, 0.2) is 48.5 Å². The van der Waals surface area contributed by atoms with E-state index >= 15 is 0 Å². The van der Waals surface area contributed by atoms with E-state index in [1.807, 2.05) is 30.3 Å². The second-order valence-corrected chi connectivity index (χ2v) is 4.20. The smallest absolute Gasteiger partial charge is 0.423 e. The van der Waals surface area contributed by atoms with Crippen LogP contribution in [-0.4, -0.2) is 17.2 Å². The first-order chi connectivity index (χ1) is 9.16. The molecule has 98 valence electrons. The van der Waals surface area contributed by atoms with Crippen molar-refractivity contribution in [2.75, 3.05) is 0 Å². The number of benzene rings is 2. The highest BCUT2D eigenvalue weighted by molar-refractivity contribution is 6.59. The molecule has 2 rings (SSSR count). The van der Waals surface area contributed by atoms with Crippen LogP contribution in [0.2, 0.25) is 0 Å². The molecule has 0 aromatic heterocycles. The van der Waals surface area contributed by atoms with Crippen LogP contribution in [0, 0.1) is 5.82 Å². The molecule has 3 nitrogen and oxygen atoms in total. The molecule has 0 aliphatic rings. The normalized spacial score (nSPS) is 10.5. The minimum atomic E-state index is -1.70. The van der Waals surface area contributed by atoms with E-state index in [4.69, 9.17) is 4.74 Å².